The van der Waals surface area contributed by atoms with Gasteiger partial charge in [0.05, 0.1) is 16.6 Å². The number of carbonyl (C=O) groups excluding carboxylic acids is 1. The van der Waals surface area contributed by atoms with Gasteiger partial charge in [0.15, 0.2) is 4.67 Å². The molecule has 0 saturated heterocycles. The van der Waals surface area contributed by atoms with E-state index in [1.807, 2.05) is 0 Å². The van der Waals surface area contributed by atoms with E-state index in [-0.39, 0.29) is 5.82 Å². The van der Waals surface area contributed by atoms with E-state index in [0.29, 0.717) is 50.8 Å². The van der Waals surface area contributed by atoms with Crippen LogP contribution in [0.2, 0.25) is 0 Å². The van der Waals surface area contributed by atoms with Crippen LogP contribution in [-0.4, -0.2) is 16.0 Å². The van der Waals surface area contributed by atoms with Crippen LogP contribution in [0.1, 0.15) is 5.56 Å². The molecule has 2 aromatic heterocycles. The third kappa shape index (κ3) is 4.21. The number of urea groups is 1. The molecule has 2 amide bonds. The fourth-order valence-electron chi connectivity index (χ4n) is 2.99. The molecule has 32 heavy (non-hydrogen) atoms. The minimum absolute atomic E-state index is 0.226. The quantitative estimate of drug-likeness (QED) is 0.292. The van der Waals surface area contributed by atoms with Crippen molar-refractivity contribution in [3.63, 3.8) is 0 Å². The summed E-state index contributed by atoms with van der Waals surface area (Å²) in [5.74, 6) is -0.774. The molecule has 0 spiro atoms. The van der Waals surface area contributed by atoms with Crippen LogP contribution in [-0.2, 0) is 6.18 Å². The molecule has 4 aromatic rings. The standard InChI is InChI=1S/C20H12BrF4N5O2/c21-16-14(15-17(26)27-8-28-18(15)32-16)9-1-4-11(5-2-9)29-19(31)30-13-7-10(20(23,24)25)3-6-12(13)22/h1-8H,(H2,26,27,28)(H2,29,30,31). The number of hydrogen-bond acceptors (Lipinski definition) is 5. The van der Waals surface area contributed by atoms with Crippen LogP contribution in [0.4, 0.5) is 39.5 Å². The number of rotatable bonds is 3. The Morgan fingerprint density at radius 3 is 2.47 bits per heavy atom. The van der Waals surface area contributed by atoms with Crippen LogP contribution in [0.5, 0.6) is 0 Å². The number of nitrogen functional groups attached to an aromatic ring is 1. The number of anilines is 3. The number of aromatic nitrogens is 2. The number of carbonyl (C=O) groups is 1. The fourth-order valence-corrected chi connectivity index (χ4v) is 3.57. The maximum Gasteiger partial charge on any atom is 0.416 e. The van der Waals surface area contributed by atoms with Crippen LogP contribution in [0.15, 0.2) is 57.9 Å². The van der Waals surface area contributed by atoms with Crippen LogP contribution in [0.25, 0.3) is 22.2 Å². The molecule has 4 rings (SSSR count). The highest BCUT2D eigenvalue weighted by Crippen LogP contribution is 2.39. The maximum atomic E-state index is 13.8. The molecule has 0 aliphatic heterocycles. The molecule has 12 heteroatoms. The van der Waals surface area contributed by atoms with Crippen molar-refractivity contribution in [2.24, 2.45) is 0 Å². The first-order valence-electron chi connectivity index (χ1n) is 8.87. The number of nitrogens with one attached hydrogen (secondary N) is 2. The smallest absolute Gasteiger partial charge is 0.416 e. The fraction of sp³-hybridized carbons (Fsp3) is 0.0500. The van der Waals surface area contributed by atoms with Gasteiger partial charge in [-0.1, -0.05) is 12.1 Å². The number of fused-ring (bicyclic) bond motifs is 1. The van der Waals surface area contributed by atoms with Crippen LogP contribution >= 0.6 is 15.9 Å². The summed E-state index contributed by atoms with van der Waals surface area (Å²) in [7, 11) is 0. The van der Waals surface area contributed by atoms with Gasteiger partial charge in [0.25, 0.3) is 0 Å². The van der Waals surface area contributed by atoms with Crippen LogP contribution < -0.4 is 16.4 Å². The van der Waals surface area contributed by atoms with E-state index in [1.165, 1.54) is 6.33 Å². The first-order valence-corrected chi connectivity index (χ1v) is 9.66. The lowest BCUT2D eigenvalue weighted by molar-refractivity contribution is -0.137. The summed E-state index contributed by atoms with van der Waals surface area (Å²) in [5, 5.41) is 5.01. The minimum atomic E-state index is -4.67. The molecular formula is C20H12BrF4N5O2. The predicted molar refractivity (Wildman–Crippen MR) is 113 cm³/mol. The third-order valence-electron chi connectivity index (χ3n) is 4.45. The maximum absolute atomic E-state index is 13.8. The SMILES string of the molecule is Nc1ncnc2oc(Br)c(-c3ccc(NC(=O)Nc4cc(C(F)(F)F)ccc4F)cc3)c12. The molecular weight excluding hydrogens is 498 g/mol. The van der Waals surface area contributed by atoms with Gasteiger partial charge in [0.1, 0.15) is 18.0 Å². The Morgan fingerprint density at radius 2 is 1.78 bits per heavy atom. The summed E-state index contributed by atoms with van der Waals surface area (Å²) in [4.78, 5) is 20.1. The monoisotopic (exact) mass is 509 g/mol. The number of amides is 2. The number of furan rings is 1. The molecule has 2 heterocycles. The normalized spacial score (nSPS) is 11.5. The number of halogens is 5. The van der Waals surface area contributed by atoms with E-state index in [9.17, 15) is 22.4 Å². The van der Waals surface area contributed by atoms with Gasteiger partial charge in [-0.2, -0.15) is 13.2 Å². The van der Waals surface area contributed by atoms with Gasteiger partial charge in [0.2, 0.25) is 5.71 Å². The Balaban J connectivity index is 1.53. The van der Waals surface area contributed by atoms with E-state index in [0.717, 1.165) is 0 Å². The molecule has 164 valence electrons. The molecule has 0 aliphatic carbocycles. The average Bonchev–Trinajstić information content (AvgIpc) is 3.06. The van der Waals surface area contributed by atoms with Gasteiger partial charge in [0, 0.05) is 11.3 Å². The van der Waals surface area contributed by atoms with Crippen molar-refractivity contribution in [1.29, 1.82) is 0 Å². The highest BCUT2D eigenvalue weighted by Gasteiger charge is 2.31. The summed E-state index contributed by atoms with van der Waals surface area (Å²) in [6.07, 6.45) is -3.40. The van der Waals surface area contributed by atoms with Gasteiger partial charge >= 0.3 is 12.2 Å². The van der Waals surface area contributed by atoms with E-state index in [4.69, 9.17) is 10.2 Å². The van der Waals surface area contributed by atoms with E-state index in [2.05, 4.69) is 36.5 Å². The summed E-state index contributed by atoms with van der Waals surface area (Å²) in [6.45, 7) is 0. The van der Waals surface area contributed by atoms with E-state index in [1.54, 1.807) is 24.3 Å². The second-order valence-electron chi connectivity index (χ2n) is 6.54. The van der Waals surface area contributed by atoms with Gasteiger partial charge in [-0.05, 0) is 51.8 Å². The topological polar surface area (TPSA) is 106 Å². The lowest BCUT2D eigenvalue weighted by atomic mass is 10.1. The van der Waals surface area contributed by atoms with Gasteiger partial charge in [-0.15, -0.1) is 0 Å². The van der Waals surface area contributed by atoms with Gasteiger partial charge < -0.3 is 20.8 Å². The second kappa shape index (κ2) is 8.11. The molecule has 0 unspecified atom stereocenters. The molecule has 0 radical (unpaired) electrons. The largest absolute Gasteiger partial charge is 0.430 e. The number of nitrogens with two attached hydrogens (primary N) is 1. The summed E-state index contributed by atoms with van der Waals surface area (Å²) in [6, 6.07) is 7.23. The first kappa shape index (κ1) is 21.6. The van der Waals surface area contributed by atoms with Crippen molar-refractivity contribution in [1.82, 2.24) is 9.97 Å². The van der Waals surface area contributed by atoms with Gasteiger partial charge in [-0.3, -0.25) is 0 Å². The molecule has 0 aliphatic rings. The van der Waals surface area contributed by atoms with Crippen molar-refractivity contribution < 1.29 is 26.8 Å². The van der Waals surface area contributed by atoms with Crippen molar-refractivity contribution in [2.45, 2.75) is 6.18 Å². The van der Waals surface area contributed by atoms with Crippen LogP contribution in [0.3, 0.4) is 0 Å². The Bertz CT molecular complexity index is 1320. The van der Waals surface area contributed by atoms with Crippen molar-refractivity contribution >= 4 is 50.3 Å². The van der Waals surface area contributed by atoms with E-state index < -0.39 is 29.3 Å². The zero-order valence-corrected chi connectivity index (χ0v) is 17.4. The van der Waals surface area contributed by atoms with Crippen molar-refractivity contribution in [2.75, 3.05) is 16.4 Å². The number of hydrogen-bond donors (Lipinski definition) is 3. The molecule has 0 fully saturated rings. The zero-order chi connectivity index (χ0) is 23.0. The average molecular weight is 510 g/mol. The van der Waals surface area contributed by atoms with Gasteiger partial charge in [-0.25, -0.2) is 19.2 Å². The predicted octanol–water partition coefficient (Wildman–Crippen LogP) is 6.04. The zero-order valence-electron chi connectivity index (χ0n) is 15.8. The molecule has 7 nitrogen and oxygen atoms in total. The highest BCUT2D eigenvalue weighted by atomic mass is 79.9. The molecule has 0 bridgehead atoms. The third-order valence-corrected chi connectivity index (χ3v) is 5.01. The van der Waals surface area contributed by atoms with Crippen molar-refractivity contribution in [3.05, 3.63) is 64.8 Å². The van der Waals surface area contributed by atoms with Crippen LogP contribution in [0, 0.1) is 5.82 Å². The number of alkyl halides is 3. The Morgan fingerprint density at radius 1 is 1.06 bits per heavy atom. The molecule has 4 N–H and O–H groups in total. The highest BCUT2D eigenvalue weighted by molar-refractivity contribution is 9.10. The Labute approximate surface area is 185 Å². The number of nitrogens with zero attached hydrogens (tertiary/aromatic N) is 2. The summed E-state index contributed by atoms with van der Waals surface area (Å²) < 4.78 is 58.2. The Kier molecular flexibility index (Phi) is 5.46. The Hall–Kier alpha value is -3.67. The summed E-state index contributed by atoms with van der Waals surface area (Å²) in [5.41, 5.74) is 6.14. The molecule has 0 atom stereocenters. The molecule has 2 aromatic carbocycles. The first-order chi connectivity index (χ1) is 15.1. The summed E-state index contributed by atoms with van der Waals surface area (Å²) >= 11 is 3.32. The molecule has 0 saturated carbocycles. The second-order valence-corrected chi connectivity index (χ2v) is 7.26. The van der Waals surface area contributed by atoms with Crippen molar-refractivity contribution in [3.8, 4) is 11.1 Å². The minimum Gasteiger partial charge on any atom is -0.430 e. The lowest BCUT2D eigenvalue weighted by Crippen LogP contribution is -2.20. The lowest BCUT2D eigenvalue weighted by Gasteiger charge is -2.12. The van der Waals surface area contributed by atoms with E-state index >= 15 is 0 Å². The number of benzene rings is 2.